The van der Waals surface area contributed by atoms with Crippen LogP contribution in [0.15, 0.2) is 64.4 Å². The van der Waals surface area contributed by atoms with Crippen molar-refractivity contribution in [1.82, 2.24) is 5.01 Å². The summed E-state index contributed by atoms with van der Waals surface area (Å²) in [4.78, 5) is 37.2. The van der Waals surface area contributed by atoms with E-state index >= 15 is 0 Å². The van der Waals surface area contributed by atoms with Gasteiger partial charge in [-0.3, -0.25) is 14.9 Å². The summed E-state index contributed by atoms with van der Waals surface area (Å²) >= 11 is 3.07. The fourth-order valence-electron chi connectivity index (χ4n) is 3.15. The van der Waals surface area contributed by atoms with Crippen LogP contribution in [0, 0.1) is 10.1 Å². The number of hydrazone groups is 1. The highest BCUT2D eigenvalue weighted by atomic mass is 32.1. The summed E-state index contributed by atoms with van der Waals surface area (Å²) in [5, 5.41) is 20.7. The zero-order chi connectivity index (χ0) is 22.5. The van der Waals surface area contributed by atoms with Crippen molar-refractivity contribution in [1.29, 1.82) is 0 Å². The van der Waals surface area contributed by atoms with Gasteiger partial charge in [0.15, 0.2) is 19.0 Å². The largest absolute Gasteiger partial charge is 0.475 e. The summed E-state index contributed by atoms with van der Waals surface area (Å²) in [6, 6.07) is 13.2. The van der Waals surface area contributed by atoms with Gasteiger partial charge >= 0.3 is 11.7 Å². The first-order valence-corrected chi connectivity index (χ1v) is 11.3. The third-order valence-corrected chi connectivity index (χ3v) is 6.50. The van der Waals surface area contributed by atoms with Crippen LogP contribution in [-0.2, 0) is 14.3 Å². The zero-order valence-corrected chi connectivity index (χ0v) is 18.2. The molecule has 1 amide bonds. The Morgan fingerprint density at radius 3 is 2.59 bits per heavy atom. The summed E-state index contributed by atoms with van der Waals surface area (Å²) in [6.07, 6.45) is 0.571. The Morgan fingerprint density at radius 2 is 1.88 bits per heavy atom. The number of nitro groups is 1. The number of carbonyl (C=O) groups is 2. The van der Waals surface area contributed by atoms with E-state index in [4.69, 9.17) is 9.47 Å². The average molecular weight is 472 g/mol. The molecule has 0 aliphatic carbocycles. The van der Waals surface area contributed by atoms with Gasteiger partial charge in [0.05, 0.1) is 21.6 Å². The Balaban J connectivity index is 1.38. The highest BCUT2D eigenvalue weighted by Gasteiger charge is 2.34. The Labute approximate surface area is 190 Å². The average Bonchev–Trinajstić information content (AvgIpc) is 3.56. The van der Waals surface area contributed by atoms with Gasteiger partial charge in [0.2, 0.25) is 0 Å². The predicted octanol–water partition coefficient (Wildman–Crippen LogP) is 4.02. The van der Waals surface area contributed by atoms with Crippen LogP contribution in [0.25, 0.3) is 0 Å². The lowest BCUT2D eigenvalue weighted by atomic mass is 10.1. The molecular formula is C21H17N3O6S2. The highest BCUT2D eigenvalue weighted by molar-refractivity contribution is 7.12. The highest BCUT2D eigenvalue weighted by Crippen LogP contribution is 2.36. The zero-order valence-electron chi connectivity index (χ0n) is 16.6. The van der Waals surface area contributed by atoms with Gasteiger partial charge in [0.1, 0.15) is 0 Å². The molecule has 1 aromatic carbocycles. The maximum absolute atomic E-state index is 12.8. The molecule has 4 rings (SSSR count). The molecule has 32 heavy (non-hydrogen) atoms. The maximum Gasteiger partial charge on any atom is 0.344 e. The standard InChI is InChI=1S/C21H17N3O6S2/c25-20(12-30-21(26)13-29-17-6-2-1-5-15(17)24(27)28)23-16(19-8-4-10-32-19)11-14(22-23)18-7-3-9-31-18/h1-10,16H,11-13H2. The van der Waals surface area contributed by atoms with Crippen LogP contribution in [0.1, 0.15) is 22.2 Å². The van der Waals surface area contributed by atoms with Gasteiger partial charge in [-0.25, -0.2) is 9.80 Å². The minimum Gasteiger partial charge on any atom is -0.475 e. The van der Waals surface area contributed by atoms with Crippen molar-refractivity contribution in [3.63, 3.8) is 0 Å². The maximum atomic E-state index is 12.8. The molecule has 1 atom stereocenters. The molecule has 9 nitrogen and oxygen atoms in total. The van der Waals surface area contributed by atoms with E-state index in [1.54, 1.807) is 17.4 Å². The molecule has 0 N–H and O–H groups in total. The quantitative estimate of drug-likeness (QED) is 0.279. The number of ether oxygens (including phenoxy) is 2. The smallest absolute Gasteiger partial charge is 0.344 e. The molecule has 1 aliphatic heterocycles. The second-order valence-electron chi connectivity index (χ2n) is 6.67. The number of para-hydroxylation sites is 2. The van der Waals surface area contributed by atoms with Crippen LogP contribution in [0.4, 0.5) is 5.69 Å². The minimum atomic E-state index is -0.814. The SMILES string of the molecule is O=C(COc1ccccc1[N+](=O)[O-])OCC(=O)N1N=C(c2cccs2)CC1c1cccs1. The first kappa shape index (κ1) is 21.7. The fourth-order valence-corrected chi connectivity index (χ4v) is 4.68. The molecule has 0 saturated heterocycles. The molecule has 0 saturated carbocycles. The van der Waals surface area contributed by atoms with Gasteiger partial charge in [-0.05, 0) is 29.0 Å². The van der Waals surface area contributed by atoms with Gasteiger partial charge in [-0.2, -0.15) is 5.10 Å². The Hall–Kier alpha value is -3.57. The molecule has 164 valence electrons. The molecule has 1 unspecified atom stereocenters. The van der Waals surface area contributed by atoms with Crippen molar-refractivity contribution in [2.45, 2.75) is 12.5 Å². The lowest BCUT2D eigenvalue weighted by molar-refractivity contribution is -0.385. The number of benzene rings is 1. The number of hydrogen-bond donors (Lipinski definition) is 0. The van der Waals surface area contributed by atoms with Gasteiger partial charge in [-0.1, -0.05) is 24.3 Å². The second-order valence-corrected chi connectivity index (χ2v) is 8.60. The summed E-state index contributed by atoms with van der Waals surface area (Å²) in [6.45, 7) is -1.07. The molecule has 1 aliphatic rings. The van der Waals surface area contributed by atoms with E-state index < -0.39 is 30.0 Å². The first-order valence-electron chi connectivity index (χ1n) is 9.51. The number of carbonyl (C=O) groups excluding carboxylic acids is 2. The molecule has 0 radical (unpaired) electrons. The molecule has 0 bridgehead atoms. The van der Waals surface area contributed by atoms with Gasteiger partial charge in [0, 0.05) is 17.4 Å². The van der Waals surface area contributed by atoms with Crippen LogP contribution in [0.2, 0.25) is 0 Å². The number of thiophene rings is 2. The summed E-state index contributed by atoms with van der Waals surface area (Å²) in [5.74, 6) is -1.33. The van der Waals surface area contributed by atoms with Crippen LogP contribution in [-0.4, -0.2) is 40.7 Å². The van der Waals surface area contributed by atoms with Crippen LogP contribution in [0.3, 0.4) is 0 Å². The number of amides is 1. The van der Waals surface area contributed by atoms with E-state index in [0.717, 1.165) is 15.5 Å². The Kier molecular flexibility index (Phi) is 6.57. The molecule has 0 fully saturated rings. The van der Waals surface area contributed by atoms with E-state index in [0.29, 0.717) is 6.42 Å². The van der Waals surface area contributed by atoms with Crippen LogP contribution in [0.5, 0.6) is 5.75 Å². The monoisotopic (exact) mass is 471 g/mol. The third-order valence-electron chi connectivity index (χ3n) is 4.61. The van der Waals surface area contributed by atoms with E-state index in [2.05, 4.69) is 5.10 Å². The number of hydrogen-bond acceptors (Lipinski definition) is 9. The van der Waals surface area contributed by atoms with Crippen molar-refractivity contribution >= 4 is 45.9 Å². The normalized spacial score (nSPS) is 15.3. The van der Waals surface area contributed by atoms with Crippen molar-refractivity contribution in [2.24, 2.45) is 5.10 Å². The minimum absolute atomic E-state index is 0.0525. The lowest BCUT2D eigenvalue weighted by Crippen LogP contribution is -2.31. The van der Waals surface area contributed by atoms with Crippen LogP contribution < -0.4 is 4.74 Å². The topological polar surface area (TPSA) is 111 Å². The van der Waals surface area contributed by atoms with E-state index in [-0.39, 0.29) is 17.5 Å². The Morgan fingerprint density at radius 1 is 1.09 bits per heavy atom. The van der Waals surface area contributed by atoms with E-state index in [1.807, 2.05) is 35.0 Å². The third kappa shape index (κ3) is 4.84. The second kappa shape index (κ2) is 9.71. The first-order chi connectivity index (χ1) is 15.5. The van der Waals surface area contributed by atoms with Gasteiger partial charge in [0.25, 0.3) is 5.91 Å². The lowest BCUT2D eigenvalue weighted by Gasteiger charge is -2.20. The van der Waals surface area contributed by atoms with Crippen molar-refractivity contribution in [3.8, 4) is 5.75 Å². The number of nitro benzene ring substituents is 1. The molecule has 11 heteroatoms. The van der Waals surface area contributed by atoms with Gasteiger partial charge < -0.3 is 9.47 Å². The predicted molar refractivity (Wildman–Crippen MR) is 119 cm³/mol. The Bertz CT molecular complexity index is 1140. The van der Waals surface area contributed by atoms with Gasteiger partial charge in [-0.15, -0.1) is 22.7 Å². The van der Waals surface area contributed by atoms with Crippen LogP contribution >= 0.6 is 22.7 Å². The molecule has 2 aromatic heterocycles. The molecule has 3 heterocycles. The fraction of sp³-hybridized carbons (Fsp3) is 0.190. The van der Waals surface area contributed by atoms with Crippen molar-refractivity contribution in [3.05, 3.63) is 79.2 Å². The number of rotatable bonds is 8. The number of nitrogens with zero attached hydrogens (tertiary/aromatic N) is 3. The number of esters is 1. The molecule has 3 aromatic rings. The summed E-state index contributed by atoms with van der Waals surface area (Å²) in [5.41, 5.74) is 0.542. The van der Waals surface area contributed by atoms with Crippen molar-refractivity contribution < 1.29 is 24.0 Å². The summed E-state index contributed by atoms with van der Waals surface area (Å²) < 4.78 is 10.2. The van der Waals surface area contributed by atoms with Crippen molar-refractivity contribution in [2.75, 3.05) is 13.2 Å². The molecular weight excluding hydrogens is 454 g/mol. The van der Waals surface area contributed by atoms with E-state index in [9.17, 15) is 19.7 Å². The molecule has 0 spiro atoms. The summed E-state index contributed by atoms with van der Waals surface area (Å²) in [7, 11) is 0. The van der Waals surface area contributed by atoms with E-state index in [1.165, 1.54) is 34.5 Å².